The number of amides is 4. The zero-order valence-electron chi connectivity index (χ0n) is 18.2. The molecule has 0 aliphatic rings. The van der Waals surface area contributed by atoms with Gasteiger partial charge in [0.2, 0.25) is 5.91 Å². The number of fused-ring (bicyclic) bond motifs is 1. The van der Waals surface area contributed by atoms with E-state index in [1.165, 1.54) is 0 Å². The predicted molar refractivity (Wildman–Crippen MR) is 117 cm³/mol. The smallest absolute Gasteiger partial charge is 0.329 e. The number of benzene rings is 2. The second-order valence-electron chi connectivity index (χ2n) is 7.89. The summed E-state index contributed by atoms with van der Waals surface area (Å²) < 4.78 is 5.01. The Balaban J connectivity index is 1.94. The molecule has 31 heavy (non-hydrogen) atoms. The van der Waals surface area contributed by atoms with Crippen LogP contribution >= 0.6 is 0 Å². The van der Waals surface area contributed by atoms with Crippen molar-refractivity contribution in [2.45, 2.75) is 46.2 Å². The van der Waals surface area contributed by atoms with E-state index >= 15 is 0 Å². The minimum absolute atomic E-state index is 0.105. The van der Waals surface area contributed by atoms with Gasteiger partial charge >= 0.3 is 12.0 Å². The van der Waals surface area contributed by atoms with Gasteiger partial charge in [-0.25, -0.2) is 9.59 Å². The highest BCUT2D eigenvalue weighted by Crippen LogP contribution is 2.19. The van der Waals surface area contributed by atoms with E-state index in [9.17, 15) is 19.2 Å². The van der Waals surface area contributed by atoms with E-state index in [1.54, 1.807) is 27.7 Å². The number of carbonyl (C=O) groups is 4. The second-order valence-corrected chi connectivity index (χ2v) is 7.89. The fourth-order valence-electron chi connectivity index (χ4n) is 3.03. The molecule has 0 saturated carbocycles. The molecule has 166 valence electrons. The Morgan fingerprint density at radius 2 is 1.55 bits per heavy atom. The lowest BCUT2D eigenvalue weighted by Crippen LogP contribution is -2.47. The molecule has 0 aromatic heterocycles. The van der Waals surface area contributed by atoms with Gasteiger partial charge in [0.25, 0.3) is 5.91 Å². The lowest BCUT2D eigenvalue weighted by molar-refractivity contribution is -0.152. The van der Waals surface area contributed by atoms with Gasteiger partial charge in [-0.15, -0.1) is 0 Å². The molecule has 2 aromatic rings. The van der Waals surface area contributed by atoms with Crippen molar-refractivity contribution in [1.82, 2.24) is 16.0 Å². The second kappa shape index (κ2) is 11.1. The van der Waals surface area contributed by atoms with Crippen LogP contribution in [-0.4, -0.2) is 42.5 Å². The molecule has 0 unspecified atom stereocenters. The average Bonchev–Trinajstić information content (AvgIpc) is 2.69. The maximum absolute atomic E-state index is 12.6. The van der Waals surface area contributed by atoms with Crippen LogP contribution in [0.15, 0.2) is 42.5 Å². The summed E-state index contributed by atoms with van der Waals surface area (Å²) in [4.78, 5) is 48.4. The molecule has 0 aliphatic heterocycles. The number of imide groups is 1. The third-order valence-electron chi connectivity index (χ3n) is 4.49. The molecule has 8 heteroatoms. The predicted octanol–water partition coefficient (Wildman–Crippen LogP) is 2.30. The molecule has 0 fully saturated rings. The van der Waals surface area contributed by atoms with Crippen LogP contribution in [0.4, 0.5) is 4.79 Å². The van der Waals surface area contributed by atoms with Crippen molar-refractivity contribution in [2.75, 3.05) is 6.61 Å². The van der Waals surface area contributed by atoms with Crippen LogP contribution in [0, 0.1) is 5.92 Å². The number of carbonyl (C=O) groups excluding carboxylic acids is 4. The molecule has 8 nitrogen and oxygen atoms in total. The number of ether oxygens (including phenoxy) is 1. The maximum Gasteiger partial charge on any atom is 0.329 e. The Morgan fingerprint density at radius 3 is 2.23 bits per heavy atom. The molecule has 0 heterocycles. The highest BCUT2D eigenvalue weighted by atomic mass is 16.5. The van der Waals surface area contributed by atoms with Crippen molar-refractivity contribution in [1.29, 1.82) is 0 Å². The van der Waals surface area contributed by atoms with Crippen LogP contribution in [0.5, 0.6) is 0 Å². The topological polar surface area (TPSA) is 114 Å². The molecule has 0 saturated heterocycles. The summed E-state index contributed by atoms with van der Waals surface area (Å²) in [6.45, 7) is 6.41. The molecule has 0 aliphatic carbocycles. The standard InChI is InChI=1S/C23H29N3O5/c1-14(2)21(22(29)31-13-20(28)26-23(30)24-15(3)4)25-19(27)12-17-10-7-9-16-8-5-6-11-18(16)17/h5-11,14-15,21H,12-13H2,1-4H3,(H,25,27)(H2,24,26,28,30)/t21-/m0/s1. The average molecular weight is 428 g/mol. The van der Waals surface area contributed by atoms with E-state index < -0.39 is 30.6 Å². The summed E-state index contributed by atoms with van der Waals surface area (Å²) in [6, 6.07) is 11.8. The Morgan fingerprint density at radius 1 is 0.871 bits per heavy atom. The Labute approximate surface area is 181 Å². The Kier molecular flexibility index (Phi) is 8.54. The quantitative estimate of drug-likeness (QED) is 0.560. The highest BCUT2D eigenvalue weighted by molar-refractivity contribution is 5.96. The van der Waals surface area contributed by atoms with Gasteiger partial charge < -0.3 is 15.4 Å². The van der Waals surface area contributed by atoms with Crippen LogP contribution in [0.3, 0.4) is 0 Å². The van der Waals surface area contributed by atoms with E-state index in [2.05, 4.69) is 16.0 Å². The fourth-order valence-corrected chi connectivity index (χ4v) is 3.03. The monoisotopic (exact) mass is 427 g/mol. The van der Waals surface area contributed by atoms with E-state index in [1.807, 2.05) is 42.5 Å². The first-order chi connectivity index (χ1) is 14.7. The molecular weight excluding hydrogens is 398 g/mol. The number of hydrogen-bond acceptors (Lipinski definition) is 5. The van der Waals surface area contributed by atoms with Gasteiger partial charge in [0.05, 0.1) is 6.42 Å². The first-order valence-electron chi connectivity index (χ1n) is 10.2. The zero-order chi connectivity index (χ0) is 23.0. The third kappa shape index (κ3) is 7.40. The molecule has 4 amide bonds. The highest BCUT2D eigenvalue weighted by Gasteiger charge is 2.26. The number of hydrogen-bond donors (Lipinski definition) is 3. The number of esters is 1. The number of rotatable bonds is 8. The van der Waals surface area contributed by atoms with Crippen LogP contribution in [0.1, 0.15) is 33.3 Å². The summed E-state index contributed by atoms with van der Waals surface area (Å²) in [5.41, 5.74) is 0.849. The van der Waals surface area contributed by atoms with Gasteiger partial charge in [0.1, 0.15) is 6.04 Å². The fraction of sp³-hybridized carbons (Fsp3) is 0.391. The van der Waals surface area contributed by atoms with E-state index in [-0.39, 0.29) is 24.3 Å². The van der Waals surface area contributed by atoms with Gasteiger partial charge in [-0.05, 0) is 36.1 Å². The van der Waals surface area contributed by atoms with Crippen molar-refractivity contribution in [3.63, 3.8) is 0 Å². The lowest BCUT2D eigenvalue weighted by Gasteiger charge is -2.21. The van der Waals surface area contributed by atoms with Crippen molar-refractivity contribution in [3.8, 4) is 0 Å². The lowest BCUT2D eigenvalue weighted by atomic mass is 10.0. The zero-order valence-corrected chi connectivity index (χ0v) is 18.2. The molecular formula is C23H29N3O5. The van der Waals surface area contributed by atoms with Crippen molar-refractivity contribution >= 4 is 34.6 Å². The molecule has 0 spiro atoms. The molecule has 2 aromatic carbocycles. The summed E-state index contributed by atoms with van der Waals surface area (Å²) in [5, 5.41) is 9.26. The Hall–Kier alpha value is -3.42. The third-order valence-corrected chi connectivity index (χ3v) is 4.49. The van der Waals surface area contributed by atoms with Gasteiger partial charge in [-0.1, -0.05) is 56.3 Å². The van der Waals surface area contributed by atoms with Crippen LogP contribution in [0.2, 0.25) is 0 Å². The van der Waals surface area contributed by atoms with Gasteiger partial charge in [-0.2, -0.15) is 0 Å². The maximum atomic E-state index is 12.6. The van der Waals surface area contributed by atoms with E-state index in [0.29, 0.717) is 0 Å². The summed E-state index contributed by atoms with van der Waals surface area (Å²) in [6.07, 6.45) is 0.105. The summed E-state index contributed by atoms with van der Waals surface area (Å²) >= 11 is 0. The van der Waals surface area contributed by atoms with Gasteiger partial charge in [-0.3, -0.25) is 14.9 Å². The van der Waals surface area contributed by atoms with Gasteiger partial charge in [0.15, 0.2) is 6.61 Å². The normalized spacial score (nSPS) is 11.8. The van der Waals surface area contributed by atoms with Crippen molar-refractivity contribution < 1.29 is 23.9 Å². The Bertz CT molecular complexity index is 950. The minimum atomic E-state index is -0.917. The molecule has 0 bridgehead atoms. The van der Waals surface area contributed by atoms with E-state index in [0.717, 1.165) is 16.3 Å². The van der Waals surface area contributed by atoms with E-state index in [4.69, 9.17) is 4.74 Å². The van der Waals surface area contributed by atoms with Gasteiger partial charge in [0, 0.05) is 6.04 Å². The first-order valence-corrected chi connectivity index (χ1v) is 10.2. The van der Waals surface area contributed by atoms with Crippen molar-refractivity contribution in [3.05, 3.63) is 48.0 Å². The first kappa shape index (κ1) is 23.9. The molecule has 2 rings (SSSR count). The number of nitrogens with one attached hydrogen (secondary N) is 3. The van der Waals surface area contributed by atoms with Crippen LogP contribution < -0.4 is 16.0 Å². The minimum Gasteiger partial charge on any atom is -0.454 e. The van der Waals surface area contributed by atoms with Crippen LogP contribution in [0.25, 0.3) is 10.8 Å². The molecule has 0 radical (unpaired) electrons. The molecule has 3 N–H and O–H groups in total. The SMILES string of the molecule is CC(C)NC(=O)NC(=O)COC(=O)[C@@H](NC(=O)Cc1cccc2ccccc12)C(C)C. The summed E-state index contributed by atoms with van der Waals surface area (Å²) in [5.74, 6) is -2.07. The number of urea groups is 1. The van der Waals surface area contributed by atoms with Crippen molar-refractivity contribution in [2.24, 2.45) is 5.92 Å². The largest absolute Gasteiger partial charge is 0.454 e. The summed E-state index contributed by atoms with van der Waals surface area (Å²) in [7, 11) is 0. The molecule has 1 atom stereocenters. The van der Waals surface area contributed by atoms with Crippen LogP contribution in [-0.2, 0) is 25.5 Å².